The highest BCUT2D eigenvalue weighted by atomic mass is 14.6. The Balaban J connectivity index is 1.46. The van der Waals surface area contributed by atoms with Crippen LogP contribution >= 0.6 is 0 Å². The van der Waals surface area contributed by atoms with Gasteiger partial charge in [-0.1, -0.05) is 70.3 Å². The Bertz CT molecular complexity index is 608. The molecule has 6 atom stereocenters. The summed E-state index contributed by atoms with van der Waals surface area (Å²) in [6.45, 7) is 12.4. The minimum Gasteiger partial charge on any atom is -0.0844 e. The summed E-state index contributed by atoms with van der Waals surface area (Å²) in [5.74, 6) is 4.84. The molecule has 4 rings (SSSR count). The maximum absolute atomic E-state index is 2.71. The molecule has 0 nitrogen and oxygen atoms in total. The van der Waals surface area contributed by atoms with E-state index in [1.54, 1.807) is 11.1 Å². The van der Waals surface area contributed by atoms with Gasteiger partial charge < -0.3 is 0 Å². The van der Waals surface area contributed by atoms with Gasteiger partial charge in [0.1, 0.15) is 0 Å². The van der Waals surface area contributed by atoms with Crippen molar-refractivity contribution in [3.63, 3.8) is 0 Å². The van der Waals surface area contributed by atoms with Crippen LogP contribution in [0.1, 0.15) is 105 Å². The van der Waals surface area contributed by atoms with E-state index in [0.717, 1.165) is 29.6 Å². The van der Waals surface area contributed by atoms with Crippen molar-refractivity contribution in [1.82, 2.24) is 0 Å². The zero-order chi connectivity index (χ0) is 19.2. The molecule has 0 heterocycles. The summed E-state index contributed by atoms with van der Waals surface area (Å²) in [5.41, 5.74) is 4.55. The molecular weight excluding hydrogens is 324 g/mol. The fraction of sp³-hybridized carbons (Fsp3) is 0.852. The lowest BCUT2D eigenvalue weighted by Gasteiger charge is -2.57. The molecule has 0 saturated heterocycles. The van der Waals surface area contributed by atoms with E-state index < -0.39 is 0 Å². The highest BCUT2D eigenvalue weighted by Crippen LogP contribution is 2.66. The van der Waals surface area contributed by atoms with Crippen LogP contribution in [-0.2, 0) is 0 Å². The van der Waals surface area contributed by atoms with Gasteiger partial charge in [0.25, 0.3) is 0 Å². The van der Waals surface area contributed by atoms with Crippen LogP contribution in [0.3, 0.4) is 0 Å². The van der Waals surface area contributed by atoms with E-state index in [-0.39, 0.29) is 0 Å². The third-order valence-electron chi connectivity index (χ3n) is 9.75. The van der Waals surface area contributed by atoms with Crippen LogP contribution in [0.15, 0.2) is 23.3 Å². The SMILES string of the molecule is CC1=CCC2(C)C(=CCC3C2CCC2(C)C(CCCCC(C)C)CCC32)C1. The van der Waals surface area contributed by atoms with Gasteiger partial charge in [-0.25, -0.2) is 0 Å². The van der Waals surface area contributed by atoms with Gasteiger partial charge in [0, 0.05) is 0 Å². The quantitative estimate of drug-likeness (QED) is 0.338. The Labute approximate surface area is 169 Å². The molecule has 4 aliphatic rings. The van der Waals surface area contributed by atoms with Crippen molar-refractivity contribution in [3.05, 3.63) is 23.3 Å². The van der Waals surface area contributed by atoms with Gasteiger partial charge in [0.05, 0.1) is 0 Å². The fourth-order valence-corrected chi connectivity index (χ4v) is 8.00. The van der Waals surface area contributed by atoms with Gasteiger partial charge in [0.15, 0.2) is 0 Å². The number of fused-ring (bicyclic) bond motifs is 5. The van der Waals surface area contributed by atoms with Crippen LogP contribution in [0.25, 0.3) is 0 Å². The predicted molar refractivity (Wildman–Crippen MR) is 118 cm³/mol. The van der Waals surface area contributed by atoms with Gasteiger partial charge in [-0.2, -0.15) is 0 Å². The number of hydrogen-bond donors (Lipinski definition) is 0. The third-order valence-corrected chi connectivity index (χ3v) is 9.75. The van der Waals surface area contributed by atoms with Crippen LogP contribution in [0, 0.1) is 40.4 Å². The molecule has 2 fully saturated rings. The fourth-order valence-electron chi connectivity index (χ4n) is 8.00. The third kappa shape index (κ3) is 3.38. The molecule has 4 aliphatic carbocycles. The first-order valence-corrected chi connectivity index (χ1v) is 12.2. The van der Waals surface area contributed by atoms with Crippen LogP contribution in [0.2, 0.25) is 0 Å². The Morgan fingerprint density at radius 1 is 1.04 bits per heavy atom. The summed E-state index contributed by atoms with van der Waals surface area (Å²) in [6.07, 6.45) is 21.2. The molecule has 0 radical (unpaired) electrons. The molecule has 6 unspecified atom stereocenters. The molecule has 0 bridgehead atoms. The maximum atomic E-state index is 2.71. The minimum atomic E-state index is 0.485. The lowest BCUT2D eigenvalue weighted by molar-refractivity contribution is -0.0362. The predicted octanol–water partition coefficient (Wildman–Crippen LogP) is 8.34. The molecule has 0 aromatic heterocycles. The average Bonchev–Trinajstić information content (AvgIpc) is 2.96. The first kappa shape index (κ1) is 19.8. The van der Waals surface area contributed by atoms with E-state index in [1.165, 1.54) is 70.6 Å². The topological polar surface area (TPSA) is 0 Å². The van der Waals surface area contributed by atoms with E-state index in [9.17, 15) is 0 Å². The maximum Gasteiger partial charge on any atom is -0.00476 e. The smallest absolute Gasteiger partial charge is 0.00476 e. The van der Waals surface area contributed by atoms with Crippen LogP contribution in [0.5, 0.6) is 0 Å². The standard InChI is InChI=1S/C27H44/c1-19(2)8-6-7-9-21-11-13-24-23-12-10-22-18-20(3)14-16-27(22,5)25(23)15-17-26(21,24)4/h10,14,19,21,23-25H,6-9,11-13,15-18H2,1-5H3. The van der Waals surface area contributed by atoms with E-state index in [2.05, 4.69) is 46.8 Å². The Morgan fingerprint density at radius 2 is 1.85 bits per heavy atom. The van der Waals surface area contributed by atoms with Crippen molar-refractivity contribution in [3.8, 4) is 0 Å². The Hall–Kier alpha value is -0.520. The van der Waals surface area contributed by atoms with Crippen molar-refractivity contribution in [1.29, 1.82) is 0 Å². The highest BCUT2D eigenvalue weighted by molar-refractivity contribution is 5.31. The van der Waals surface area contributed by atoms with Crippen molar-refractivity contribution in [2.45, 2.75) is 105 Å². The number of unbranched alkanes of at least 4 members (excludes halogenated alkanes) is 1. The summed E-state index contributed by atoms with van der Waals surface area (Å²) in [7, 11) is 0. The van der Waals surface area contributed by atoms with E-state index >= 15 is 0 Å². The van der Waals surface area contributed by atoms with Crippen molar-refractivity contribution in [2.75, 3.05) is 0 Å². The lowest BCUT2D eigenvalue weighted by Crippen LogP contribution is -2.49. The molecule has 0 aliphatic heterocycles. The number of rotatable bonds is 5. The highest BCUT2D eigenvalue weighted by Gasteiger charge is 2.57. The lowest BCUT2D eigenvalue weighted by atomic mass is 9.47. The van der Waals surface area contributed by atoms with Gasteiger partial charge in [0.2, 0.25) is 0 Å². The van der Waals surface area contributed by atoms with E-state index in [1.807, 2.05) is 0 Å². The number of hydrogen-bond acceptors (Lipinski definition) is 0. The zero-order valence-electron chi connectivity index (χ0n) is 18.8. The first-order chi connectivity index (χ1) is 12.8. The van der Waals surface area contributed by atoms with Crippen LogP contribution < -0.4 is 0 Å². The monoisotopic (exact) mass is 368 g/mol. The van der Waals surface area contributed by atoms with Gasteiger partial charge in [-0.05, 0) is 98.7 Å². The van der Waals surface area contributed by atoms with E-state index in [0.29, 0.717) is 10.8 Å². The molecule has 0 heteroatoms. The van der Waals surface area contributed by atoms with Crippen molar-refractivity contribution < 1.29 is 0 Å². The molecule has 0 spiro atoms. The second-order valence-corrected chi connectivity index (χ2v) is 11.7. The normalized spacial score (nSPS) is 43.6. The van der Waals surface area contributed by atoms with Crippen LogP contribution in [0.4, 0.5) is 0 Å². The largest absolute Gasteiger partial charge is 0.0844 e. The first-order valence-electron chi connectivity index (χ1n) is 12.2. The second-order valence-electron chi connectivity index (χ2n) is 11.7. The second kappa shape index (κ2) is 7.38. The van der Waals surface area contributed by atoms with Gasteiger partial charge in [-0.15, -0.1) is 0 Å². The molecule has 152 valence electrons. The Kier molecular flexibility index (Phi) is 5.41. The molecule has 0 N–H and O–H groups in total. The minimum absolute atomic E-state index is 0.485. The van der Waals surface area contributed by atoms with Gasteiger partial charge >= 0.3 is 0 Å². The number of allylic oxidation sites excluding steroid dienone is 4. The van der Waals surface area contributed by atoms with Crippen molar-refractivity contribution >= 4 is 0 Å². The zero-order valence-corrected chi connectivity index (χ0v) is 18.8. The molecule has 0 aromatic carbocycles. The summed E-state index contributed by atoms with van der Waals surface area (Å²) in [6, 6.07) is 0. The Morgan fingerprint density at radius 3 is 2.63 bits per heavy atom. The molecule has 27 heavy (non-hydrogen) atoms. The molecule has 0 aromatic rings. The van der Waals surface area contributed by atoms with Crippen LogP contribution in [-0.4, -0.2) is 0 Å². The molecule has 0 amide bonds. The molecular formula is C27H44. The summed E-state index contributed by atoms with van der Waals surface area (Å²) < 4.78 is 0. The van der Waals surface area contributed by atoms with Crippen molar-refractivity contribution in [2.24, 2.45) is 40.4 Å². The summed E-state index contributed by atoms with van der Waals surface area (Å²) in [5, 5.41) is 0. The van der Waals surface area contributed by atoms with Gasteiger partial charge in [-0.3, -0.25) is 0 Å². The van der Waals surface area contributed by atoms with E-state index in [4.69, 9.17) is 0 Å². The summed E-state index contributed by atoms with van der Waals surface area (Å²) >= 11 is 0. The molecule has 2 saturated carbocycles. The average molecular weight is 369 g/mol. The summed E-state index contributed by atoms with van der Waals surface area (Å²) in [4.78, 5) is 0.